The van der Waals surface area contributed by atoms with Crippen molar-refractivity contribution in [3.63, 3.8) is 0 Å². The van der Waals surface area contributed by atoms with Crippen LogP contribution in [-0.2, 0) is 9.53 Å². The van der Waals surface area contributed by atoms with E-state index >= 15 is 0 Å². The number of anilines is 1. The van der Waals surface area contributed by atoms with Crippen molar-refractivity contribution in [1.82, 2.24) is 15.5 Å². The Kier molecular flexibility index (Phi) is 6.84. The highest BCUT2D eigenvalue weighted by atomic mass is 16.5. The molecular weight excluding hydrogens is 420 g/mol. The summed E-state index contributed by atoms with van der Waals surface area (Å²) in [5.41, 5.74) is 4.14. The van der Waals surface area contributed by atoms with Crippen molar-refractivity contribution in [2.45, 2.75) is 13.0 Å². The van der Waals surface area contributed by atoms with Crippen molar-refractivity contribution < 1.29 is 19.1 Å². The maximum Gasteiger partial charge on any atom is 0.338 e. The Hall–Kier alpha value is -3.52. The fourth-order valence-corrected chi connectivity index (χ4v) is 4.28. The second kappa shape index (κ2) is 9.95. The van der Waals surface area contributed by atoms with Gasteiger partial charge in [-0.25, -0.2) is 9.59 Å². The smallest absolute Gasteiger partial charge is 0.338 e. The number of carbonyl (C=O) groups excluding carboxylic acids is 2. The second-order valence-electron chi connectivity index (χ2n) is 8.29. The van der Waals surface area contributed by atoms with Gasteiger partial charge in [0.1, 0.15) is 5.75 Å². The highest BCUT2D eigenvalue weighted by molar-refractivity contribution is 5.95. The minimum atomic E-state index is -0.553. The van der Waals surface area contributed by atoms with Crippen LogP contribution in [0.25, 0.3) is 0 Å². The first-order valence-corrected chi connectivity index (χ1v) is 11.1. The van der Waals surface area contributed by atoms with Gasteiger partial charge in [-0.1, -0.05) is 29.8 Å². The van der Waals surface area contributed by atoms with Gasteiger partial charge >= 0.3 is 12.0 Å². The molecule has 0 aliphatic carbocycles. The molecule has 1 unspecified atom stereocenters. The molecule has 0 spiro atoms. The summed E-state index contributed by atoms with van der Waals surface area (Å²) in [7, 11) is 3.03. The number of nitrogens with zero attached hydrogens (tertiary/aromatic N) is 2. The van der Waals surface area contributed by atoms with Crippen LogP contribution in [0.2, 0.25) is 0 Å². The van der Waals surface area contributed by atoms with Crippen LogP contribution in [0.5, 0.6) is 5.75 Å². The summed E-state index contributed by atoms with van der Waals surface area (Å²) in [6, 6.07) is 15.0. The first-order chi connectivity index (χ1) is 16.0. The van der Waals surface area contributed by atoms with Gasteiger partial charge in [0.15, 0.2) is 0 Å². The number of piperazine rings is 1. The molecule has 2 aromatic rings. The van der Waals surface area contributed by atoms with Crippen LogP contribution in [0.3, 0.4) is 0 Å². The molecule has 1 saturated heterocycles. The summed E-state index contributed by atoms with van der Waals surface area (Å²) < 4.78 is 10.3. The van der Waals surface area contributed by atoms with E-state index < -0.39 is 12.0 Å². The lowest BCUT2D eigenvalue weighted by Crippen LogP contribution is -2.51. The molecule has 4 rings (SSSR count). The standard InChI is InChI=1S/C25H30N4O4/c1-17-4-6-18(7-5-17)23-22(24(30)33-3)21(26-25(31)27-23)16-28-12-14-29(15-13-28)19-8-10-20(32-2)11-9-19/h4-11,23H,12-16H2,1-3H3,(H2,26,27,31). The van der Waals surface area contributed by atoms with Gasteiger partial charge < -0.3 is 25.0 Å². The largest absolute Gasteiger partial charge is 0.497 e. The van der Waals surface area contributed by atoms with Gasteiger partial charge in [-0.05, 0) is 36.8 Å². The lowest BCUT2D eigenvalue weighted by Gasteiger charge is -2.38. The Morgan fingerprint density at radius 2 is 1.67 bits per heavy atom. The third-order valence-electron chi connectivity index (χ3n) is 6.16. The number of benzene rings is 2. The van der Waals surface area contributed by atoms with Gasteiger partial charge in [0, 0.05) is 44.1 Å². The van der Waals surface area contributed by atoms with Crippen molar-refractivity contribution in [3.05, 3.63) is 70.9 Å². The average Bonchev–Trinajstić information content (AvgIpc) is 2.84. The minimum Gasteiger partial charge on any atom is -0.497 e. The number of ether oxygens (including phenoxy) is 2. The van der Waals surface area contributed by atoms with Gasteiger partial charge in [-0.3, -0.25) is 4.90 Å². The number of nitrogens with one attached hydrogen (secondary N) is 2. The van der Waals surface area contributed by atoms with E-state index in [1.165, 1.54) is 7.11 Å². The zero-order chi connectivity index (χ0) is 23.4. The minimum absolute atomic E-state index is 0.319. The zero-order valence-corrected chi connectivity index (χ0v) is 19.3. The molecule has 0 bridgehead atoms. The quantitative estimate of drug-likeness (QED) is 0.659. The molecular formula is C25H30N4O4. The first-order valence-electron chi connectivity index (χ1n) is 11.1. The van der Waals surface area contributed by atoms with Crippen LogP contribution in [0.15, 0.2) is 59.8 Å². The lowest BCUT2D eigenvalue weighted by atomic mass is 9.94. The maximum absolute atomic E-state index is 12.8. The van der Waals surface area contributed by atoms with E-state index in [4.69, 9.17) is 9.47 Å². The predicted octanol–water partition coefficient (Wildman–Crippen LogP) is 2.61. The number of amides is 2. The SMILES string of the molecule is COC(=O)C1=C(CN2CCN(c3ccc(OC)cc3)CC2)NC(=O)NC1c1ccc(C)cc1. The summed E-state index contributed by atoms with van der Waals surface area (Å²) in [6.07, 6.45) is 0. The van der Waals surface area contributed by atoms with Crippen molar-refractivity contribution in [2.24, 2.45) is 0 Å². The van der Waals surface area contributed by atoms with E-state index in [2.05, 4.69) is 32.6 Å². The fourth-order valence-electron chi connectivity index (χ4n) is 4.28. The number of esters is 1. The molecule has 2 aromatic carbocycles. The molecule has 2 aliphatic rings. The number of carbonyl (C=O) groups is 2. The molecule has 2 aliphatic heterocycles. The van der Waals surface area contributed by atoms with Gasteiger partial charge in [0.25, 0.3) is 0 Å². The third-order valence-corrected chi connectivity index (χ3v) is 6.16. The van der Waals surface area contributed by atoms with E-state index in [0.717, 1.165) is 48.7 Å². The van der Waals surface area contributed by atoms with E-state index in [0.29, 0.717) is 17.8 Å². The monoisotopic (exact) mass is 450 g/mol. The molecule has 174 valence electrons. The van der Waals surface area contributed by atoms with Crippen molar-refractivity contribution in [2.75, 3.05) is 51.8 Å². The Balaban J connectivity index is 1.51. The normalized spacial score (nSPS) is 19.1. The maximum atomic E-state index is 12.8. The molecule has 2 amide bonds. The Morgan fingerprint density at radius 1 is 1.00 bits per heavy atom. The van der Waals surface area contributed by atoms with Crippen LogP contribution in [-0.4, -0.2) is 63.8 Å². The highest BCUT2D eigenvalue weighted by Crippen LogP contribution is 2.29. The molecule has 8 heteroatoms. The molecule has 0 saturated carbocycles. The highest BCUT2D eigenvalue weighted by Gasteiger charge is 2.34. The third kappa shape index (κ3) is 5.12. The van der Waals surface area contributed by atoms with Crippen molar-refractivity contribution in [1.29, 1.82) is 0 Å². The van der Waals surface area contributed by atoms with E-state index in [1.807, 2.05) is 43.3 Å². The number of hydrogen-bond donors (Lipinski definition) is 2. The van der Waals surface area contributed by atoms with Gasteiger partial charge in [-0.15, -0.1) is 0 Å². The number of rotatable bonds is 6. The number of urea groups is 1. The molecule has 1 fully saturated rings. The van der Waals surface area contributed by atoms with Crippen LogP contribution in [0, 0.1) is 6.92 Å². The molecule has 2 heterocycles. The summed E-state index contributed by atoms with van der Waals surface area (Å²) in [5.74, 6) is 0.393. The van der Waals surface area contributed by atoms with Gasteiger partial charge in [0.2, 0.25) is 0 Å². The van der Waals surface area contributed by atoms with E-state index in [1.54, 1.807) is 7.11 Å². The van der Waals surface area contributed by atoms with Crippen molar-refractivity contribution >= 4 is 17.7 Å². The Morgan fingerprint density at radius 3 is 2.27 bits per heavy atom. The molecule has 0 aromatic heterocycles. The summed E-state index contributed by atoms with van der Waals surface area (Å²) in [4.78, 5) is 29.8. The molecule has 2 N–H and O–H groups in total. The topological polar surface area (TPSA) is 83.1 Å². The Labute approximate surface area is 194 Å². The fraction of sp³-hybridized carbons (Fsp3) is 0.360. The average molecular weight is 451 g/mol. The predicted molar refractivity (Wildman–Crippen MR) is 126 cm³/mol. The van der Waals surface area contributed by atoms with Crippen molar-refractivity contribution in [3.8, 4) is 5.75 Å². The van der Waals surface area contributed by atoms with E-state index in [-0.39, 0.29) is 6.03 Å². The first kappa shape index (κ1) is 22.7. The molecule has 8 nitrogen and oxygen atoms in total. The molecule has 1 atom stereocenters. The molecule has 0 radical (unpaired) electrons. The van der Waals surface area contributed by atoms with Crippen LogP contribution < -0.4 is 20.3 Å². The zero-order valence-electron chi connectivity index (χ0n) is 19.3. The lowest BCUT2D eigenvalue weighted by molar-refractivity contribution is -0.136. The molecule has 33 heavy (non-hydrogen) atoms. The van der Waals surface area contributed by atoms with E-state index in [9.17, 15) is 9.59 Å². The van der Waals surface area contributed by atoms with Gasteiger partial charge in [0.05, 0.1) is 25.8 Å². The Bertz CT molecular complexity index is 1030. The number of hydrogen-bond acceptors (Lipinski definition) is 6. The summed E-state index contributed by atoms with van der Waals surface area (Å²) >= 11 is 0. The summed E-state index contributed by atoms with van der Waals surface area (Å²) in [5, 5.41) is 5.73. The van der Waals surface area contributed by atoms with Crippen LogP contribution >= 0.6 is 0 Å². The van der Waals surface area contributed by atoms with Crippen LogP contribution in [0.1, 0.15) is 17.2 Å². The van der Waals surface area contributed by atoms with Gasteiger partial charge in [-0.2, -0.15) is 0 Å². The van der Waals surface area contributed by atoms with Crippen LogP contribution in [0.4, 0.5) is 10.5 Å². The second-order valence-corrected chi connectivity index (χ2v) is 8.29. The number of methoxy groups -OCH3 is 2. The number of aryl methyl sites for hydroxylation is 1. The summed E-state index contributed by atoms with van der Waals surface area (Å²) in [6.45, 7) is 5.78.